The van der Waals surface area contributed by atoms with E-state index >= 15 is 0 Å². The maximum atomic E-state index is 13.7. The summed E-state index contributed by atoms with van der Waals surface area (Å²) in [6.07, 6.45) is 8.63. The fourth-order valence-electron chi connectivity index (χ4n) is 3.76. The molecule has 0 bridgehead atoms. The summed E-state index contributed by atoms with van der Waals surface area (Å²) >= 11 is 0. The first-order chi connectivity index (χ1) is 14.0. The van der Waals surface area contributed by atoms with E-state index < -0.39 is 17.5 Å². The molecule has 0 aliphatic heterocycles. The van der Waals surface area contributed by atoms with Gasteiger partial charge >= 0.3 is 0 Å². The molecule has 7 heteroatoms. The number of hydrogen-bond donors (Lipinski definition) is 2. The van der Waals surface area contributed by atoms with E-state index in [0.717, 1.165) is 70.7 Å². The van der Waals surface area contributed by atoms with E-state index in [1.165, 1.54) is 6.42 Å². The number of hydrogen-bond acceptors (Lipinski definition) is 4. The van der Waals surface area contributed by atoms with Crippen molar-refractivity contribution in [3.8, 4) is 0 Å². The highest BCUT2D eigenvalue weighted by atomic mass is 19.2. The summed E-state index contributed by atoms with van der Waals surface area (Å²) in [7, 11) is 2.03. The van der Waals surface area contributed by atoms with Crippen LogP contribution in [0.25, 0.3) is 0 Å². The molecule has 0 heterocycles. The SMILES string of the molecule is CN(CCO)CCCCCCOC1CCC(NCc2cc(F)c(F)cc2F)CC1. The Bertz CT molecular complexity index is 596. The molecule has 0 saturated heterocycles. The van der Waals surface area contributed by atoms with Gasteiger partial charge in [0.05, 0.1) is 12.7 Å². The van der Waals surface area contributed by atoms with Gasteiger partial charge in [0.25, 0.3) is 0 Å². The van der Waals surface area contributed by atoms with Crippen LogP contribution in [-0.2, 0) is 11.3 Å². The number of halogens is 3. The van der Waals surface area contributed by atoms with Gasteiger partial charge in [-0.15, -0.1) is 0 Å². The molecule has 4 nitrogen and oxygen atoms in total. The van der Waals surface area contributed by atoms with Gasteiger partial charge in [0.15, 0.2) is 11.6 Å². The molecule has 1 aromatic carbocycles. The van der Waals surface area contributed by atoms with Gasteiger partial charge in [-0.3, -0.25) is 0 Å². The molecule has 0 spiro atoms. The van der Waals surface area contributed by atoms with Crippen LogP contribution in [0.5, 0.6) is 0 Å². The van der Waals surface area contributed by atoms with Crippen molar-refractivity contribution < 1.29 is 23.0 Å². The van der Waals surface area contributed by atoms with Crippen LogP contribution in [0.15, 0.2) is 12.1 Å². The third kappa shape index (κ3) is 9.03. The molecule has 0 atom stereocenters. The topological polar surface area (TPSA) is 44.7 Å². The second kappa shape index (κ2) is 13.2. The minimum atomic E-state index is -1.15. The molecule has 166 valence electrons. The first-order valence-electron chi connectivity index (χ1n) is 10.8. The van der Waals surface area contributed by atoms with Gasteiger partial charge in [-0.2, -0.15) is 0 Å². The lowest BCUT2D eigenvalue weighted by Crippen LogP contribution is -2.35. The molecule has 1 fully saturated rings. The first-order valence-corrected chi connectivity index (χ1v) is 10.8. The van der Waals surface area contributed by atoms with Gasteiger partial charge in [-0.05, 0) is 58.2 Å². The van der Waals surface area contributed by atoms with E-state index in [0.29, 0.717) is 6.07 Å². The van der Waals surface area contributed by atoms with Crippen molar-refractivity contribution in [2.75, 3.05) is 33.4 Å². The van der Waals surface area contributed by atoms with Crippen LogP contribution in [-0.4, -0.2) is 55.5 Å². The van der Waals surface area contributed by atoms with E-state index in [2.05, 4.69) is 10.2 Å². The zero-order chi connectivity index (χ0) is 21.1. The van der Waals surface area contributed by atoms with Crippen LogP contribution in [0.1, 0.15) is 56.9 Å². The van der Waals surface area contributed by atoms with Crippen molar-refractivity contribution in [2.45, 2.75) is 70.1 Å². The summed E-state index contributed by atoms with van der Waals surface area (Å²) in [5, 5.41) is 12.1. The van der Waals surface area contributed by atoms with E-state index in [9.17, 15) is 13.2 Å². The highest BCUT2D eigenvalue weighted by molar-refractivity contribution is 5.20. The van der Waals surface area contributed by atoms with Crippen LogP contribution in [0, 0.1) is 17.5 Å². The number of unbranched alkanes of at least 4 members (excludes halogenated alkanes) is 3. The molecule has 0 unspecified atom stereocenters. The number of aliphatic hydroxyl groups excluding tert-OH is 1. The fraction of sp³-hybridized carbons (Fsp3) is 0.727. The van der Waals surface area contributed by atoms with E-state index in [4.69, 9.17) is 9.84 Å². The highest BCUT2D eigenvalue weighted by Crippen LogP contribution is 2.22. The molecule has 0 aromatic heterocycles. The number of aliphatic hydroxyl groups is 1. The Morgan fingerprint density at radius 1 is 0.966 bits per heavy atom. The summed E-state index contributed by atoms with van der Waals surface area (Å²) in [5.41, 5.74) is 0.157. The molecule has 0 radical (unpaired) electrons. The molecule has 1 aliphatic carbocycles. The molecule has 2 N–H and O–H groups in total. The van der Waals surface area contributed by atoms with Crippen LogP contribution < -0.4 is 5.32 Å². The van der Waals surface area contributed by atoms with Crippen LogP contribution in [0.3, 0.4) is 0 Å². The Kier molecular flexibility index (Phi) is 11.0. The highest BCUT2D eigenvalue weighted by Gasteiger charge is 2.21. The van der Waals surface area contributed by atoms with Gasteiger partial charge in [-0.25, -0.2) is 13.2 Å². The monoisotopic (exact) mass is 416 g/mol. The van der Waals surface area contributed by atoms with Crippen molar-refractivity contribution in [3.05, 3.63) is 35.1 Å². The minimum absolute atomic E-state index is 0.157. The van der Waals surface area contributed by atoms with Crippen molar-refractivity contribution in [2.24, 2.45) is 0 Å². The molecular weight excluding hydrogens is 381 g/mol. The Hall–Kier alpha value is -1.15. The normalized spacial score (nSPS) is 19.8. The summed E-state index contributed by atoms with van der Waals surface area (Å²) < 4.78 is 45.9. The third-order valence-corrected chi connectivity index (χ3v) is 5.61. The van der Waals surface area contributed by atoms with Crippen molar-refractivity contribution in [3.63, 3.8) is 0 Å². The molecule has 0 amide bonds. The smallest absolute Gasteiger partial charge is 0.161 e. The summed E-state index contributed by atoms with van der Waals surface area (Å²) in [6, 6.07) is 1.78. The quantitative estimate of drug-likeness (QED) is 0.377. The number of benzene rings is 1. The third-order valence-electron chi connectivity index (χ3n) is 5.61. The van der Waals surface area contributed by atoms with Crippen molar-refractivity contribution >= 4 is 0 Å². The van der Waals surface area contributed by atoms with E-state index in [1.54, 1.807) is 0 Å². The Labute approximate surface area is 172 Å². The van der Waals surface area contributed by atoms with E-state index in [1.807, 2.05) is 7.05 Å². The second-order valence-electron chi connectivity index (χ2n) is 8.02. The predicted octanol–water partition coefficient (Wildman–Crippen LogP) is 4.01. The number of ether oxygens (including phenoxy) is 1. The van der Waals surface area contributed by atoms with Crippen molar-refractivity contribution in [1.29, 1.82) is 0 Å². The molecular formula is C22H35F3N2O2. The van der Waals surface area contributed by atoms with Gasteiger partial charge in [-0.1, -0.05) is 12.8 Å². The van der Waals surface area contributed by atoms with Gasteiger partial charge in [0.2, 0.25) is 0 Å². The molecule has 1 saturated carbocycles. The van der Waals surface area contributed by atoms with Gasteiger partial charge in [0, 0.05) is 37.4 Å². The zero-order valence-corrected chi connectivity index (χ0v) is 17.4. The van der Waals surface area contributed by atoms with Gasteiger partial charge < -0.3 is 20.1 Å². The van der Waals surface area contributed by atoms with Gasteiger partial charge in [0.1, 0.15) is 5.82 Å². The van der Waals surface area contributed by atoms with Crippen LogP contribution >= 0.6 is 0 Å². The Morgan fingerprint density at radius 3 is 2.38 bits per heavy atom. The largest absolute Gasteiger partial charge is 0.395 e. The number of nitrogens with zero attached hydrogens (tertiary/aromatic N) is 1. The lowest BCUT2D eigenvalue weighted by atomic mass is 9.92. The Balaban J connectivity index is 1.52. The summed E-state index contributed by atoms with van der Waals surface area (Å²) in [5.74, 6) is -2.89. The lowest BCUT2D eigenvalue weighted by Gasteiger charge is -2.29. The lowest BCUT2D eigenvalue weighted by molar-refractivity contribution is 0.0203. The number of nitrogens with one attached hydrogen (secondary N) is 1. The maximum absolute atomic E-state index is 13.7. The van der Waals surface area contributed by atoms with Crippen LogP contribution in [0.2, 0.25) is 0 Å². The average Bonchev–Trinajstić information content (AvgIpc) is 2.70. The minimum Gasteiger partial charge on any atom is -0.395 e. The second-order valence-corrected chi connectivity index (χ2v) is 8.02. The molecule has 1 aromatic rings. The molecule has 2 rings (SSSR count). The first kappa shape index (κ1) is 24.1. The summed E-state index contributed by atoms with van der Waals surface area (Å²) in [4.78, 5) is 2.14. The zero-order valence-electron chi connectivity index (χ0n) is 17.4. The average molecular weight is 417 g/mol. The maximum Gasteiger partial charge on any atom is 0.161 e. The van der Waals surface area contributed by atoms with E-state index in [-0.39, 0.29) is 30.9 Å². The molecule has 1 aliphatic rings. The standard InChI is InChI=1S/C22H35F3N2O2/c1-27(11-12-28)10-4-2-3-5-13-29-19-8-6-18(7-9-19)26-16-17-14-21(24)22(25)15-20(17)23/h14-15,18-19,26,28H,2-13,16H2,1H3. The Morgan fingerprint density at radius 2 is 1.66 bits per heavy atom. The number of rotatable bonds is 13. The number of likely N-dealkylation sites (N-methyl/N-ethyl adjacent to an activating group) is 1. The summed E-state index contributed by atoms with van der Waals surface area (Å²) in [6.45, 7) is 2.95. The predicted molar refractivity (Wildman–Crippen MR) is 108 cm³/mol. The van der Waals surface area contributed by atoms with Crippen molar-refractivity contribution in [1.82, 2.24) is 10.2 Å². The molecule has 29 heavy (non-hydrogen) atoms. The van der Waals surface area contributed by atoms with Crippen LogP contribution in [0.4, 0.5) is 13.2 Å². The fourth-order valence-corrected chi connectivity index (χ4v) is 3.76.